The number of halogens is 4. The molecule has 212 valence electrons. The molecule has 4 heterocycles. The summed E-state index contributed by atoms with van der Waals surface area (Å²) in [7, 11) is 1.64. The van der Waals surface area contributed by atoms with Crippen molar-refractivity contribution >= 4 is 50.7 Å². The van der Waals surface area contributed by atoms with Crippen molar-refractivity contribution in [3.63, 3.8) is 0 Å². The number of nitrogens with two attached hydrogens (primary N) is 1. The van der Waals surface area contributed by atoms with E-state index in [4.69, 9.17) is 26.5 Å². The van der Waals surface area contributed by atoms with Crippen LogP contribution in [0.3, 0.4) is 0 Å². The third kappa shape index (κ3) is 5.50. The number of carbonyl (C=O) groups excluding carboxylic acids is 2. The number of alkyl halides is 3. The van der Waals surface area contributed by atoms with Crippen LogP contribution >= 0.6 is 22.9 Å². The van der Waals surface area contributed by atoms with Crippen molar-refractivity contribution in [2.45, 2.75) is 26.6 Å². The lowest BCUT2D eigenvalue weighted by Crippen LogP contribution is -2.16. The zero-order chi connectivity index (χ0) is 29.6. The van der Waals surface area contributed by atoms with E-state index < -0.39 is 23.7 Å². The fourth-order valence-corrected chi connectivity index (χ4v) is 5.25. The van der Waals surface area contributed by atoms with E-state index in [1.807, 2.05) is 6.92 Å². The molecule has 0 radical (unpaired) electrons. The van der Waals surface area contributed by atoms with E-state index in [0.29, 0.717) is 39.1 Å². The Labute approximate surface area is 239 Å². The van der Waals surface area contributed by atoms with E-state index in [-0.39, 0.29) is 38.7 Å². The Morgan fingerprint density at radius 1 is 1.17 bits per heavy atom. The highest BCUT2D eigenvalue weighted by Crippen LogP contribution is 2.44. The number of fused-ring (bicyclic) bond motifs is 1. The number of pyridine rings is 1. The second-order valence-electron chi connectivity index (χ2n) is 9.09. The van der Waals surface area contributed by atoms with Crippen molar-refractivity contribution in [2.24, 2.45) is 12.8 Å². The van der Waals surface area contributed by atoms with Gasteiger partial charge < -0.3 is 20.2 Å². The van der Waals surface area contributed by atoms with E-state index in [1.165, 1.54) is 16.9 Å². The number of furan rings is 1. The summed E-state index contributed by atoms with van der Waals surface area (Å²) in [5.41, 5.74) is 6.16. The van der Waals surface area contributed by atoms with Gasteiger partial charge in [0, 0.05) is 28.7 Å². The number of thiophene rings is 1. The van der Waals surface area contributed by atoms with Crippen molar-refractivity contribution in [3.05, 3.63) is 81.0 Å². The van der Waals surface area contributed by atoms with Crippen LogP contribution in [-0.2, 0) is 19.8 Å². The van der Waals surface area contributed by atoms with Crippen LogP contribution in [0.1, 0.15) is 42.9 Å². The van der Waals surface area contributed by atoms with Gasteiger partial charge in [-0.05, 0) is 61.4 Å². The van der Waals surface area contributed by atoms with Gasteiger partial charge in [0.1, 0.15) is 33.5 Å². The number of hydrogen-bond acceptors (Lipinski definition) is 7. The van der Waals surface area contributed by atoms with E-state index in [0.717, 1.165) is 11.6 Å². The molecule has 0 fully saturated rings. The number of hydrogen-bond donors (Lipinski definition) is 2. The number of primary amides is 1. The number of aromatic nitrogens is 3. The van der Waals surface area contributed by atoms with Gasteiger partial charge in [0.2, 0.25) is 0 Å². The maximum absolute atomic E-state index is 13.8. The zero-order valence-electron chi connectivity index (χ0n) is 21.7. The van der Waals surface area contributed by atoms with Crippen molar-refractivity contribution < 1.29 is 31.9 Å². The minimum Gasteiger partial charge on any atom is -0.486 e. The molecule has 0 aliphatic carbocycles. The third-order valence-corrected chi connectivity index (χ3v) is 7.86. The Kier molecular flexibility index (Phi) is 7.26. The molecule has 1 aromatic carbocycles. The summed E-state index contributed by atoms with van der Waals surface area (Å²) in [6.07, 6.45) is -3.37. The van der Waals surface area contributed by atoms with E-state index in [2.05, 4.69) is 15.4 Å². The highest BCUT2D eigenvalue weighted by Gasteiger charge is 2.35. The van der Waals surface area contributed by atoms with Gasteiger partial charge >= 0.3 is 6.18 Å². The summed E-state index contributed by atoms with van der Waals surface area (Å²) < 4.78 is 54.1. The lowest BCUT2D eigenvalue weighted by molar-refractivity contribution is -0.140. The molecule has 5 aromatic rings. The monoisotopic (exact) mass is 603 g/mol. The third-order valence-electron chi connectivity index (χ3n) is 6.34. The predicted molar refractivity (Wildman–Crippen MR) is 147 cm³/mol. The standard InChI is InChI=1S/C27H21ClF3N5O4S/c1-12-8-14(4-6-18(12)28)39-11-15-5-7-19(40-15)25(38)35-22-21-16(17-10-33-36(3)13(17)2)9-20(27(29,30)31)34-26(21)41-23(22)24(32)37/h4-10H,11H2,1-3H3,(H2,32,37)(H,35,38). The van der Waals surface area contributed by atoms with Crippen LogP contribution in [0.25, 0.3) is 21.3 Å². The van der Waals surface area contributed by atoms with Crippen LogP contribution in [0.4, 0.5) is 18.9 Å². The molecule has 9 nitrogen and oxygen atoms in total. The summed E-state index contributed by atoms with van der Waals surface area (Å²) in [6, 6.07) is 8.96. The van der Waals surface area contributed by atoms with Gasteiger partial charge in [-0.2, -0.15) is 18.3 Å². The second kappa shape index (κ2) is 10.6. The number of benzene rings is 1. The van der Waals surface area contributed by atoms with Gasteiger partial charge in [-0.25, -0.2) is 4.98 Å². The van der Waals surface area contributed by atoms with Gasteiger partial charge in [-0.1, -0.05) is 11.6 Å². The van der Waals surface area contributed by atoms with Gasteiger partial charge in [0.25, 0.3) is 11.8 Å². The molecule has 4 aromatic heterocycles. The van der Waals surface area contributed by atoms with Crippen LogP contribution in [0.15, 0.2) is 47.0 Å². The molecule has 0 saturated heterocycles. The van der Waals surface area contributed by atoms with Crippen molar-refractivity contribution in [1.29, 1.82) is 0 Å². The number of anilines is 1. The zero-order valence-corrected chi connectivity index (χ0v) is 23.3. The quantitative estimate of drug-likeness (QED) is 0.218. The Morgan fingerprint density at radius 2 is 1.93 bits per heavy atom. The lowest BCUT2D eigenvalue weighted by Gasteiger charge is -2.12. The van der Waals surface area contributed by atoms with E-state index in [9.17, 15) is 22.8 Å². The largest absolute Gasteiger partial charge is 0.486 e. The molecular formula is C27H21ClF3N5O4S. The molecule has 5 rings (SSSR count). The molecule has 2 amide bonds. The average molecular weight is 604 g/mol. The van der Waals surface area contributed by atoms with Crippen LogP contribution < -0.4 is 15.8 Å². The molecular weight excluding hydrogens is 583 g/mol. The summed E-state index contributed by atoms with van der Waals surface area (Å²) >= 11 is 6.68. The van der Waals surface area contributed by atoms with Crippen LogP contribution in [0.5, 0.6) is 5.75 Å². The van der Waals surface area contributed by atoms with Crippen molar-refractivity contribution in [2.75, 3.05) is 5.32 Å². The highest BCUT2D eigenvalue weighted by atomic mass is 35.5. The molecule has 0 atom stereocenters. The van der Waals surface area contributed by atoms with Gasteiger partial charge in [0.05, 0.1) is 11.9 Å². The van der Waals surface area contributed by atoms with Crippen molar-refractivity contribution in [1.82, 2.24) is 14.8 Å². The first-order valence-electron chi connectivity index (χ1n) is 12.0. The first-order valence-corrected chi connectivity index (χ1v) is 13.2. The average Bonchev–Trinajstić information content (AvgIpc) is 3.62. The maximum atomic E-state index is 13.8. The Bertz CT molecular complexity index is 1830. The molecule has 41 heavy (non-hydrogen) atoms. The summed E-state index contributed by atoms with van der Waals surface area (Å²) in [5.74, 6) is -0.943. The van der Waals surface area contributed by atoms with E-state index in [1.54, 1.807) is 38.2 Å². The Hall–Kier alpha value is -4.36. The molecule has 14 heteroatoms. The minimum atomic E-state index is -4.77. The topological polar surface area (TPSA) is 125 Å². The number of nitrogens with one attached hydrogen (secondary N) is 1. The smallest absolute Gasteiger partial charge is 0.433 e. The molecule has 0 aliphatic heterocycles. The van der Waals surface area contributed by atoms with E-state index >= 15 is 0 Å². The molecule has 3 N–H and O–H groups in total. The van der Waals surface area contributed by atoms with Gasteiger partial charge in [0.15, 0.2) is 5.76 Å². The fourth-order valence-electron chi connectivity index (χ4n) is 4.13. The number of ether oxygens (including phenoxy) is 1. The van der Waals surface area contributed by atoms with Gasteiger partial charge in [-0.3, -0.25) is 14.3 Å². The van der Waals surface area contributed by atoms with Crippen LogP contribution in [0, 0.1) is 13.8 Å². The summed E-state index contributed by atoms with van der Waals surface area (Å²) in [5, 5.41) is 7.44. The second-order valence-corrected chi connectivity index (χ2v) is 10.5. The first kappa shape index (κ1) is 28.2. The minimum absolute atomic E-state index is 0.0108. The number of carbonyl (C=O) groups is 2. The summed E-state index contributed by atoms with van der Waals surface area (Å²) in [6.45, 7) is 3.52. The molecule has 0 aliphatic rings. The van der Waals surface area contributed by atoms with Crippen LogP contribution in [-0.4, -0.2) is 26.6 Å². The van der Waals surface area contributed by atoms with Gasteiger partial charge in [-0.15, -0.1) is 11.3 Å². The molecule has 0 unspecified atom stereocenters. The SMILES string of the molecule is Cc1cc(OCc2ccc(C(=O)Nc3c(C(N)=O)sc4nc(C(F)(F)F)cc(-c5cnn(C)c5C)c34)o2)ccc1Cl. The predicted octanol–water partition coefficient (Wildman–Crippen LogP) is 6.51. The van der Waals surface area contributed by atoms with Crippen molar-refractivity contribution in [3.8, 4) is 16.9 Å². The summed E-state index contributed by atoms with van der Waals surface area (Å²) in [4.78, 5) is 29.0. The van der Waals surface area contributed by atoms with Crippen LogP contribution in [0.2, 0.25) is 5.02 Å². The number of nitrogens with zero attached hydrogens (tertiary/aromatic N) is 3. The normalized spacial score (nSPS) is 11.7. The highest BCUT2D eigenvalue weighted by molar-refractivity contribution is 7.21. The maximum Gasteiger partial charge on any atom is 0.433 e. The number of aryl methyl sites for hydroxylation is 2. The Morgan fingerprint density at radius 3 is 2.56 bits per heavy atom. The number of rotatable bonds is 7. The first-order chi connectivity index (χ1) is 19.3. The molecule has 0 bridgehead atoms. The molecule has 0 saturated carbocycles. The fraction of sp³-hybridized carbons (Fsp3) is 0.185. The lowest BCUT2D eigenvalue weighted by atomic mass is 10.0. The molecule has 0 spiro atoms. The Balaban J connectivity index is 1.51. The number of amides is 2.